The number of carbonyl (C=O) groups is 1. The second-order valence-electron chi connectivity index (χ2n) is 5.93. The van der Waals surface area contributed by atoms with Gasteiger partial charge < -0.3 is 0 Å². The number of amides is 1. The van der Waals surface area contributed by atoms with Gasteiger partial charge in [0.25, 0.3) is 5.91 Å². The van der Waals surface area contributed by atoms with E-state index in [1.165, 1.54) is 23.5 Å². The van der Waals surface area contributed by atoms with Crippen molar-refractivity contribution in [2.45, 2.75) is 6.42 Å². The highest BCUT2D eigenvalue weighted by Gasteiger charge is 2.11. The molecule has 4 rings (SSSR count). The number of benzene rings is 2. The van der Waals surface area contributed by atoms with Gasteiger partial charge in [0.2, 0.25) is 0 Å². The zero-order valence-electron chi connectivity index (χ0n) is 13.9. The number of hydrogen-bond acceptors (Lipinski definition) is 4. The molecule has 0 aliphatic carbocycles. The molecule has 7 heteroatoms. The highest BCUT2D eigenvalue weighted by molar-refractivity contribution is 7.15. The fourth-order valence-corrected chi connectivity index (χ4v) is 3.66. The number of thiazole rings is 1. The van der Waals surface area contributed by atoms with Gasteiger partial charge in [0.1, 0.15) is 11.0 Å². The third-order valence-electron chi connectivity index (χ3n) is 3.98. The summed E-state index contributed by atoms with van der Waals surface area (Å²) < 4.78 is 13.0. The normalized spacial score (nSPS) is 10.9. The molecule has 1 N–H and O–H groups in total. The molecule has 0 atom stereocenters. The van der Waals surface area contributed by atoms with Gasteiger partial charge in [0.15, 0.2) is 5.13 Å². The monoisotopic (exact) mass is 397 g/mol. The predicted molar refractivity (Wildman–Crippen MR) is 106 cm³/mol. The Morgan fingerprint density at radius 3 is 2.74 bits per heavy atom. The highest BCUT2D eigenvalue weighted by atomic mass is 35.5. The molecule has 1 amide bonds. The quantitative estimate of drug-likeness (QED) is 0.474. The van der Waals surface area contributed by atoms with E-state index in [1.807, 2.05) is 6.07 Å². The number of carbonyl (C=O) groups excluding carboxylic acids is 1. The number of nitrogens with one attached hydrogen (secondary N) is 1. The van der Waals surface area contributed by atoms with Gasteiger partial charge in [-0.25, -0.2) is 14.4 Å². The van der Waals surface area contributed by atoms with Crippen molar-refractivity contribution < 1.29 is 9.18 Å². The van der Waals surface area contributed by atoms with Crippen LogP contribution in [0.4, 0.5) is 9.52 Å². The maximum absolute atomic E-state index is 13.0. The molecular weight excluding hydrogens is 385 g/mol. The number of hydrogen-bond donors (Lipinski definition) is 1. The molecule has 0 fully saturated rings. The van der Waals surface area contributed by atoms with Crippen LogP contribution in [0.3, 0.4) is 0 Å². The van der Waals surface area contributed by atoms with Crippen LogP contribution in [0.15, 0.2) is 60.8 Å². The zero-order valence-corrected chi connectivity index (χ0v) is 15.5. The number of rotatable bonds is 4. The molecule has 0 bridgehead atoms. The standard InChI is InChI=1S/C20H13ClFN3OS/c21-18-8-4-13-10-14(3-7-17(13)24-18)19(26)25-20-23-11-16(27-20)9-12-1-5-15(22)6-2-12/h1-8,10-11H,9H2,(H,23,25,26). The molecule has 4 nitrogen and oxygen atoms in total. The van der Waals surface area contributed by atoms with E-state index in [2.05, 4.69) is 15.3 Å². The van der Waals surface area contributed by atoms with E-state index in [9.17, 15) is 9.18 Å². The van der Waals surface area contributed by atoms with E-state index in [1.54, 1.807) is 42.6 Å². The number of pyridine rings is 1. The minimum absolute atomic E-state index is 0.241. The van der Waals surface area contributed by atoms with Crippen molar-refractivity contribution in [3.63, 3.8) is 0 Å². The van der Waals surface area contributed by atoms with E-state index in [-0.39, 0.29) is 11.7 Å². The topological polar surface area (TPSA) is 54.9 Å². The van der Waals surface area contributed by atoms with Gasteiger partial charge in [0, 0.05) is 28.4 Å². The van der Waals surface area contributed by atoms with Gasteiger partial charge in [-0.15, -0.1) is 11.3 Å². The van der Waals surface area contributed by atoms with E-state index >= 15 is 0 Å². The Morgan fingerprint density at radius 1 is 1.11 bits per heavy atom. The van der Waals surface area contributed by atoms with Gasteiger partial charge in [-0.2, -0.15) is 0 Å². The van der Waals surface area contributed by atoms with E-state index in [0.29, 0.717) is 22.3 Å². The van der Waals surface area contributed by atoms with Crippen LogP contribution in [0.5, 0.6) is 0 Å². The first kappa shape index (κ1) is 17.6. The maximum atomic E-state index is 13.0. The summed E-state index contributed by atoms with van der Waals surface area (Å²) >= 11 is 7.27. The molecule has 0 spiro atoms. The minimum Gasteiger partial charge on any atom is -0.298 e. The second-order valence-corrected chi connectivity index (χ2v) is 7.43. The molecule has 2 aromatic carbocycles. The fraction of sp³-hybridized carbons (Fsp3) is 0.0500. The molecule has 0 saturated heterocycles. The zero-order chi connectivity index (χ0) is 18.8. The Labute approximate surface area is 163 Å². The summed E-state index contributed by atoms with van der Waals surface area (Å²) in [5.41, 5.74) is 2.23. The molecule has 0 saturated carbocycles. The smallest absolute Gasteiger partial charge is 0.257 e. The first-order chi connectivity index (χ1) is 13.1. The van der Waals surface area contributed by atoms with Crippen LogP contribution < -0.4 is 5.32 Å². The SMILES string of the molecule is O=C(Nc1ncc(Cc2ccc(F)cc2)s1)c1ccc2nc(Cl)ccc2c1. The Hall–Kier alpha value is -2.83. The second kappa shape index (κ2) is 7.42. The Bertz CT molecular complexity index is 1130. The highest BCUT2D eigenvalue weighted by Crippen LogP contribution is 2.23. The van der Waals surface area contributed by atoms with Crippen molar-refractivity contribution in [2.75, 3.05) is 5.32 Å². The van der Waals surface area contributed by atoms with Crippen LogP contribution in [-0.2, 0) is 6.42 Å². The molecule has 0 radical (unpaired) electrons. The summed E-state index contributed by atoms with van der Waals surface area (Å²) in [5.74, 6) is -0.501. The summed E-state index contributed by atoms with van der Waals surface area (Å²) in [6, 6.07) is 15.1. The number of nitrogens with zero attached hydrogens (tertiary/aromatic N) is 2. The van der Waals surface area contributed by atoms with Crippen LogP contribution in [0, 0.1) is 5.82 Å². The van der Waals surface area contributed by atoms with Crippen molar-refractivity contribution >= 4 is 44.9 Å². The number of anilines is 1. The van der Waals surface area contributed by atoms with Crippen LogP contribution in [0.2, 0.25) is 5.15 Å². The van der Waals surface area contributed by atoms with Gasteiger partial charge in [-0.05, 0) is 48.0 Å². The van der Waals surface area contributed by atoms with Crippen LogP contribution in [0.25, 0.3) is 10.9 Å². The van der Waals surface area contributed by atoms with Crippen LogP contribution in [-0.4, -0.2) is 15.9 Å². The maximum Gasteiger partial charge on any atom is 0.257 e. The van der Waals surface area contributed by atoms with E-state index in [0.717, 1.165) is 21.3 Å². The average Bonchev–Trinajstić information content (AvgIpc) is 3.10. The van der Waals surface area contributed by atoms with E-state index < -0.39 is 0 Å². The average molecular weight is 398 g/mol. The van der Waals surface area contributed by atoms with Crippen molar-refractivity contribution in [3.8, 4) is 0 Å². The summed E-state index contributed by atoms with van der Waals surface area (Å²) in [7, 11) is 0. The van der Waals surface area contributed by atoms with Crippen molar-refractivity contribution in [3.05, 3.63) is 87.8 Å². The molecule has 0 aliphatic heterocycles. The molecular formula is C20H13ClFN3OS. The molecule has 134 valence electrons. The molecule has 2 heterocycles. The Balaban J connectivity index is 1.47. The lowest BCUT2D eigenvalue weighted by Gasteiger charge is -2.04. The summed E-state index contributed by atoms with van der Waals surface area (Å²) in [5, 5.41) is 4.58. The molecule has 0 unspecified atom stereocenters. The minimum atomic E-state index is -0.260. The van der Waals surface area contributed by atoms with Crippen LogP contribution >= 0.6 is 22.9 Å². The lowest BCUT2D eigenvalue weighted by atomic mass is 10.1. The summed E-state index contributed by atoms with van der Waals surface area (Å²) in [4.78, 5) is 21.9. The first-order valence-electron chi connectivity index (χ1n) is 8.14. The van der Waals surface area contributed by atoms with Crippen LogP contribution in [0.1, 0.15) is 20.8 Å². The fourth-order valence-electron chi connectivity index (χ4n) is 2.66. The van der Waals surface area contributed by atoms with Crippen molar-refractivity contribution in [1.29, 1.82) is 0 Å². The van der Waals surface area contributed by atoms with Crippen molar-refractivity contribution in [2.24, 2.45) is 0 Å². The molecule has 27 heavy (non-hydrogen) atoms. The van der Waals surface area contributed by atoms with E-state index in [4.69, 9.17) is 11.6 Å². The van der Waals surface area contributed by atoms with Gasteiger partial charge in [-0.3, -0.25) is 10.1 Å². The molecule has 4 aromatic rings. The first-order valence-corrected chi connectivity index (χ1v) is 9.33. The lowest BCUT2D eigenvalue weighted by Crippen LogP contribution is -2.11. The third-order valence-corrected chi connectivity index (χ3v) is 5.11. The number of fused-ring (bicyclic) bond motifs is 1. The third kappa shape index (κ3) is 4.13. The van der Waals surface area contributed by atoms with Gasteiger partial charge in [0.05, 0.1) is 5.52 Å². The predicted octanol–water partition coefficient (Wildman–Crippen LogP) is 5.33. The molecule has 2 aromatic heterocycles. The van der Waals surface area contributed by atoms with Gasteiger partial charge >= 0.3 is 0 Å². The number of aromatic nitrogens is 2. The van der Waals surface area contributed by atoms with Gasteiger partial charge in [-0.1, -0.05) is 23.7 Å². The Morgan fingerprint density at radius 2 is 1.93 bits per heavy atom. The lowest BCUT2D eigenvalue weighted by molar-refractivity contribution is 0.102. The summed E-state index contributed by atoms with van der Waals surface area (Å²) in [6.07, 6.45) is 2.35. The number of halogens is 2. The van der Waals surface area contributed by atoms with Crippen molar-refractivity contribution in [1.82, 2.24) is 9.97 Å². The molecule has 0 aliphatic rings. The Kier molecular flexibility index (Phi) is 4.83. The largest absolute Gasteiger partial charge is 0.298 e. The summed E-state index contributed by atoms with van der Waals surface area (Å²) in [6.45, 7) is 0.